The number of nitrogens with zero attached hydrogens (tertiary/aromatic N) is 2. The van der Waals surface area contributed by atoms with Gasteiger partial charge in [0.15, 0.2) is 0 Å². The number of nitrogens with one attached hydrogen (secondary N) is 1. The molecule has 0 aliphatic carbocycles. The highest BCUT2D eigenvalue weighted by Crippen LogP contribution is 2.35. The number of hydrogen-bond acceptors (Lipinski definition) is 4. The third-order valence-corrected chi connectivity index (χ3v) is 6.25. The van der Waals surface area contributed by atoms with Crippen LogP contribution in [0.5, 0.6) is 0 Å². The first-order valence-corrected chi connectivity index (χ1v) is 9.50. The second kappa shape index (κ2) is 7.24. The van der Waals surface area contributed by atoms with Crippen molar-refractivity contribution in [1.29, 1.82) is 0 Å². The van der Waals surface area contributed by atoms with Crippen LogP contribution in [-0.2, 0) is 11.8 Å². The number of rotatable bonds is 6. The van der Waals surface area contributed by atoms with Crippen LogP contribution in [0.2, 0.25) is 0 Å². The van der Waals surface area contributed by atoms with E-state index in [1.54, 1.807) is 0 Å². The molecule has 0 radical (unpaired) electrons. The molecule has 1 aliphatic rings. The fourth-order valence-corrected chi connectivity index (χ4v) is 4.66. The van der Waals surface area contributed by atoms with Crippen molar-refractivity contribution in [2.75, 3.05) is 25.5 Å². The summed E-state index contributed by atoms with van der Waals surface area (Å²) in [6.07, 6.45) is 2.27. The molecule has 5 heteroatoms. The number of ether oxygens (including phenoxy) is 1. The summed E-state index contributed by atoms with van der Waals surface area (Å²) in [4.78, 5) is 4.81. The van der Waals surface area contributed by atoms with Crippen LogP contribution in [0.1, 0.15) is 38.6 Å². The van der Waals surface area contributed by atoms with E-state index in [1.807, 2.05) is 6.07 Å². The third-order valence-electron chi connectivity index (χ3n) is 4.79. The first-order chi connectivity index (χ1) is 11.2. The van der Waals surface area contributed by atoms with Crippen LogP contribution in [0, 0.1) is 0 Å². The van der Waals surface area contributed by atoms with E-state index in [4.69, 9.17) is 9.72 Å². The molecule has 0 saturated carbocycles. The van der Waals surface area contributed by atoms with Crippen molar-refractivity contribution in [2.24, 2.45) is 7.05 Å². The maximum Gasteiger partial charge on any atom is 0.126 e. The molecule has 1 aromatic heterocycles. The second-order valence-electron chi connectivity index (χ2n) is 6.35. The normalized spacial score (nSPS) is 19.1. The van der Waals surface area contributed by atoms with Gasteiger partial charge in [0.25, 0.3) is 0 Å². The zero-order valence-electron chi connectivity index (χ0n) is 14.3. The first kappa shape index (κ1) is 16.8. The number of para-hydroxylation sites is 2. The predicted octanol–water partition coefficient (Wildman–Crippen LogP) is 3.53. The predicted molar refractivity (Wildman–Crippen MR) is 98.0 cm³/mol. The van der Waals surface area contributed by atoms with Gasteiger partial charge in [0.05, 0.1) is 17.1 Å². The lowest BCUT2D eigenvalue weighted by Crippen LogP contribution is -2.43. The quantitative estimate of drug-likeness (QED) is 0.878. The zero-order chi connectivity index (χ0) is 16.3. The Morgan fingerprint density at radius 2 is 2.09 bits per heavy atom. The van der Waals surface area contributed by atoms with Crippen LogP contribution in [0.15, 0.2) is 24.3 Å². The van der Waals surface area contributed by atoms with E-state index in [9.17, 15) is 0 Å². The smallest absolute Gasteiger partial charge is 0.126 e. The van der Waals surface area contributed by atoms with Crippen LogP contribution in [0.25, 0.3) is 11.0 Å². The number of hydrogen-bond donors (Lipinski definition) is 1. The highest BCUT2D eigenvalue weighted by Gasteiger charge is 2.33. The third kappa shape index (κ3) is 3.57. The summed E-state index contributed by atoms with van der Waals surface area (Å²) in [5.74, 6) is 2.26. The van der Waals surface area contributed by atoms with Gasteiger partial charge < -0.3 is 14.6 Å². The maximum atomic E-state index is 5.56. The SMILES string of the molecule is CCSC1(CN[C@H](C)c2nc3ccccc3n2C)CCOCC1. The van der Waals surface area contributed by atoms with E-state index >= 15 is 0 Å². The number of benzene rings is 1. The van der Waals surface area contributed by atoms with E-state index in [1.165, 1.54) is 5.52 Å². The standard InChI is InChI=1S/C18H27N3OS/c1-4-23-18(9-11-22-12-10-18)13-19-14(2)17-20-15-7-5-6-8-16(15)21(17)3/h5-8,14,19H,4,9-13H2,1-3H3/t14-/m1/s1. The molecule has 0 spiro atoms. The average molecular weight is 334 g/mol. The molecule has 1 aliphatic heterocycles. The molecule has 1 N–H and O–H groups in total. The molecule has 4 nitrogen and oxygen atoms in total. The Bertz CT molecular complexity index is 643. The van der Waals surface area contributed by atoms with Crippen molar-refractivity contribution >= 4 is 22.8 Å². The van der Waals surface area contributed by atoms with Gasteiger partial charge in [-0.05, 0) is 37.7 Å². The van der Waals surface area contributed by atoms with Crippen molar-refractivity contribution in [1.82, 2.24) is 14.9 Å². The Kier molecular flexibility index (Phi) is 5.29. The minimum Gasteiger partial charge on any atom is -0.381 e. The molecule has 23 heavy (non-hydrogen) atoms. The Morgan fingerprint density at radius 3 is 2.78 bits per heavy atom. The summed E-state index contributed by atoms with van der Waals surface area (Å²) in [5.41, 5.74) is 2.27. The molecule has 0 bridgehead atoms. The van der Waals surface area contributed by atoms with Gasteiger partial charge in [0.1, 0.15) is 5.82 Å². The molecule has 2 heterocycles. The molecule has 2 aromatic rings. The van der Waals surface area contributed by atoms with Gasteiger partial charge in [-0.1, -0.05) is 19.1 Å². The van der Waals surface area contributed by atoms with Crippen molar-refractivity contribution in [3.05, 3.63) is 30.1 Å². The molecule has 0 unspecified atom stereocenters. The van der Waals surface area contributed by atoms with Gasteiger partial charge in [-0.15, -0.1) is 0 Å². The average Bonchev–Trinajstić information content (AvgIpc) is 2.91. The molecule has 1 atom stereocenters. The van der Waals surface area contributed by atoms with Crippen molar-refractivity contribution in [2.45, 2.75) is 37.5 Å². The highest BCUT2D eigenvalue weighted by molar-refractivity contribution is 8.00. The molecular formula is C18H27N3OS. The number of fused-ring (bicyclic) bond motifs is 1. The number of aromatic nitrogens is 2. The van der Waals surface area contributed by atoms with E-state index in [0.717, 1.165) is 49.7 Å². The highest BCUT2D eigenvalue weighted by atomic mass is 32.2. The zero-order valence-corrected chi connectivity index (χ0v) is 15.2. The molecule has 0 amide bonds. The molecule has 126 valence electrons. The topological polar surface area (TPSA) is 39.1 Å². The van der Waals surface area contributed by atoms with Crippen LogP contribution in [0.4, 0.5) is 0 Å². The van der Waals surface area contributed by atoms with Gasteiger partial charge in [-0.2, -0.15) is 11.8 Å². The first-order valence-electron chi connectivity index (χ1n) is 8.52. The lowest BCUT2D eigenvalue weighted by Gasteiger charge is -2.37. The van der Waals surface area contributed by atoms with Crippen molar-refractivity contribution in [3.63, 3.8) is 0 Å². The minimum absolute atomic E-state index is 0.240. The maximum absolute atomic E-state index is 5.56. The van der Waals surface area contributed by atoms with Gasteiger partial charge >= 0.3 is 0 Å². The van der Waals surface area contributed by atoms with Gasteiger partial charge in [0, 0.05) is 31.6 Å². The fraction of sp³-hybridized carbons (Fsp3) is 0.611. The molecule has 1 aromatic carbocycles. The van der Waals surface area contributed by atoms with Crippen LogP contribution < -0.4 is 5.32 Å². The van der Waals surface area contributed by atoms with Gasteiger partial charge in [-0.3, -0.25) is 0 Å². The molecule has 1 saturated heterocycles. The Hall–Kier alpha value is -1.04. The van der Waals surface area contributed by atoms with Crippen LogP contribution in [-0.4, -0.2) is 39.8 Å². The lowest BCUT2D eigenvalue weighted by atomic mass is 9.98. The Labute approximate surface area is 143 Å². The monoisotopic (exact) mass is 333 g/mol. The number of imidazole rings is 1. The summed E-state index contributed by atoms with van der Waals surface area (Å²) in [6, 6.07) is 8.57. The Morgan fingerprint density at radius 1 is 1.35 bits per heavy atom. The van der Waals surface area contributed by atoms with E-state index in [2.05, 4.69) is 60.7 Å². The van der Waals surface area contributed by atoms with E-state index < -0.39 is 0 Å². The lowest BCUT2D eigenvalue weighted by molar-refractivity contribution is 0.0765. The van der Waals surface area contributed by atoms with E-state index in [0.29, 0.717) is 4.75 Å². The summed E-state index contributed by atoms with van der Waals surface area (Å²) in [5, 5.41) is 3.74. The second-order valence-corrected chi connectivity index (χ2v) is 8.08. The van der Waals surface area contributed by atoms with Crippen molar-refractivity contribution < 1.29 is 4.74 Å². The number of thioether (sulfide) groups is 1. The summed E-state index contributed by atoms with van der Waals surface area (Å²) >= 11 is 2.08. The van der Waals surface area contributed by atoms with Gasteiger partial charge in [0.2, 0.25) is 0 Å². The van der Waals surface area contributed by atoms with Crippen LogP contribution in [0.3, 0.4) is 0 Å². The van der Waals surface area contributed by atoms with Crippen LogP contribution >= 0.6 is 11.8 Å². The van der Waals surface area contributed by atoms with Crippen molar-refractivity contribution in [3.8, 4) is 0 Å². The van der Waals surface area contributed by atoms with Gasteiger partial charge in [-0.25, -0.2) is 4.98 Å². The summed E-state index contributed by atoms with van der Waals surface area (Å²) in [7, 11) is 2.11. The molecule has 1 fully saturated rings. The number of aryl methyl sites for hydroxylation is 1. The Balaban J connectivity index is 1.72. The molecule has 3 rings (SSSR count). The largest absolute Gasteiger partial charge is 0.381 e. The summed E-state index contributed by atoms with van der Waals surface area (Å²) < 4.78 is 8.08. The summed E-state index contributed by atoms with van der Waals surface area (Å²) in [6.45, 7) is 7.24. The minimum atomic E-state index is 0.240. The molecular weight excluding hydrogens is 306 g/mol. The van der Waals surface area contributed by atoms with E-state index in [-0.39, 0.29) is 6.04 Å². The fourth-order valence-electron chi connectivity index (χ4n) is 3.40.